The molecule has 0 radical (unpaired) electrons. The highest BCUT2D eigenvalue weighted by atomic mass is 127. The number of nitrogens with zero attached hydrogens (tertiary/aromatic N) is 1. The summed E-state index contributed by atoms with van der Waals surface area (Å²) in [5, 5.41) is 1.52. The van der Waals surface area contributed by atoms with Gasteiger partial charge >= 0.3 is 0 Å². The molecule has 2 aromatic carbocycles. The first-order valence-corrected chi connectivity index (χ1v) is 8.37. The van der Waals surface area contributed by atoms with Crippen molar-refractivity contribution in [2.75, 3.05) is 7.05 Å². The van der Waals surface area contributed by atoms with Crippen LogP contribution in [0.25, 0.3) is 0 Å². The molecular weight excluding hydrogens is 427 g/mol. The van der Waals surface area contributed by atoms with Gasteiger partial charge in [-0.15, -0.1) is 0 Å². The first-order chi connectivity index (χ1) is 10.8. The second-order valence-electron chi connectivity index (χ2n) is 5.20. The normalized spacial score (nSPS) is 10.3. The van der Waals surface area contributed by atoms with E-state index in [4.69, 9.17) is 11.6 Å². The predicted octanol–water partition coefficient (Wildman–Crippen LogP) is 3.98. The van der Waals surface area contributed by atoms with Gasteiger partial charge in [0.15, 0.2) is 0 Å². The molecule has 6 heteroatoms. The first kappa shape index (κ1) is 17.7. The van der Waals surface area contributed by atoms with E-state index in [0.29, 0.717) is 16.1 Å². The lowest BCUT2D eigenvalue weighted by Gasteiger charge is -2.20. The zero-order valence-corrected chi connectivity index (χ0v) is 15.9. The highest BCUT2D eigenvalue weighted by Gasteiger charge is 2.19. The van der Waals surface area contributed by atoms with E-state index < -0.39 is 0 Å². The third-order valence-corrected chi connectivity index (χ3v) is 4.92. The van der Waals surface area contributed by atoms with Gasteiger partial charge < -0.3 is 0 Å². The van der Waals surface area contributed by atoms with Crippen LogP contribution in [0.2, 0.25) is 5.02 Å². The quantitative estimate of drug-likeness (QED) is 0.565. The predicted molar refractivity (Wildman–Crippen MR) is 99.6 cm³/mol. The van der Waals surface area contributed by atoms with E-state index in [1.165, 1.54) is 7.05 Å². The van der Waals surface area contributed by atoms with Crippen LogP contribution in [0.1, 0.15) is 31.8 Å². The highest BCUT2D eigenvalue weighted by molar-refractivity contribution is 14.1. The van der Waals surface area contributed by atoms with Crippen molar-refractivity contribution in [2.24, 2.45) is 0 Å². The average molecular weight is 443 g/mol. The second-order valence-corrected chi connectivity index (χ2v) is 6.77. The Morgan fingerprint density at radius 1 is 1.13 bits per heavy atom. The molecule has 0 aliphatic heterocycles. The number of hydrazine groups is 1. The van der Waals surface area contributed by atoms with Crippen molar-refractivity contribution < 1.29 is 9.59 Å². The summed E-state index contributed by atoms with van der Waals surface area (Å²) in [6.07, 6.45) is 0. The Morgan fingerprint density at radius 2 is 1.83 bits per heavy atom. The summed E-state index contributed by atoms with van der Waals surface area (Å²) in [5.41, 5.74) is 5.31. The van der Waals surface area contributed by atoms with Crippen LogP contribution in [-0.2, 0) is 0 Å². The van der Waals surface area contributed by atoms with Crippen LogP contribution in [0.15, 0.2) is 36.4 Å². The van der Waals surface area contributed by atoms with Crippen LogP contribution in [0, 0.1) is 17.4 Å². The molecule has 0 fully saturated rings. The molecule has 120 valence electrons. The van der Waals surface area contributed by atoms with Gasteiger partial charge in [0.1, 0.15) is 0 Å². The number of carbonyl (C=O) groups excluding carboxylic acids is 2. The molecule has 0 aliphatic rings. The molecular formula is C17H16ClIN2O2. The Hall–Kier alpha value is -1.60. The average Bonchev–Trinajstić information content (AvgIpc) is 2.49. The molecule has 0 saturated heterocycles. The lowest BCUT2D eigenvalue weighted by atomic mass is 10.1. The number of aryl methyl sites for hydroxylation is 2. The SMILES string of the molecule is Cc1ccc(C(=O)NN(C)C(=O)c2c(C)cccc2Cl)cc1I. The smallest absolute Gasteiger partial charge is 0.267 e. The van der Waals surface area contributed by atoms with Gasteiger partial charge in [-0.05, 0) is 65.8 Å². The van der Waals surface area contributed by atoms with E-state index in [0.717, 1.165) is 19.7 Å². The number of benzene rings is 2. The van der Waals surface area contributed by atoms with Crippen LogP contribution in [0.4, 0.5) is 0 Å². The van der Waals surface area contributed by atoms with Crippen molar-refractivity contribution in [2.45, 2.75) is 13.8 Å². The lowest BCUT2D eigenvalue weighted by molar-refractivity contribution is 0.0636. The number of carbonyl (C=O) groups is 2. The number of rotatable bonds is 2. The minimum atomic E-state index is -0.358. The molecule has 0 aromatic heterocycles. The minimum absolute atomic E-state index is 0.344. The zero-order valence-electron chi connectivity index (χ0n) is 13.0. The maximum absolute atomic E-state index is 12.5. The van der Waals surface area contributed by atoms with Crippen molar-refractivity contribution >= 4 is 46.0 Å². The topological polar surface area (TPSA) is 49.4 Å². The fraction of sp³-hybridized carbons (Fsp3) is 0.176. The van der Waals surface area contributed by atoms with Crippen molar-refractivity contribution in [1.29, 1.82) is 0 Å². The first-order valence-electron chi connectivity index (χ1n) is 6.91. The van der Waals surface area contributed by atoms with E-state index in [-0.39, 0.29) is 11.8 Å². The molecule has 0 spiro atoms. The molecule has 0 saturated carbocycles. The Labute approximate surface area is 153 Å². The Bertz CT molecular complexity index is 757. The third-order valence-electron chi connectivity index (χ3n) is 3.44. The summed E-state index contributed by atoms with van der Waals surface area (Å²) in [7, 11) is 1.50. The maximum atomic E-state index is 12.5. The molecule has 2 rings (SSSR count). The minimum Gasteiger partial charge on any atom is -0.267 e. The fourth-order valence-electron chi connectivity index (χ4n) is 2.07. The number of hydrogen-bond acceptors (Lipinski definition) is 2. The number of amides is 2. The van der Waals surface area contributed by atoms with Crippen molar-refractivity contribution in [3.8, 4) is 0 Å². The van der Waals surface area contributed by atoms with Crippen LogP contribution < -0.4 is 5.43 Å². The zero-order chi connectivity index (χ0) is 17.1. The van der Waals surface area contributed by atoms with E-state index in [1.54, 1.807) is 37.3 Å². The molecule has 0 bridgehead atoms. The monoisotopic (exact) mass is 442 g/mol. The Balaban J connectivity index is 2.18. The van der Waals surface area contributed by atoms with E-state index in [9.17, 15) is 9.59 Å². The third kappa shape index (κ3) is 4.03. The Morgan fingerprint density at radius 3 is 2.43 bits per heavy atom. The van der Waals surface area contributed by atoms with E-state index in [2.05, 4.69) is 28.0 Å². The molecule has 0 atom stereocenters. The van der Waals surface area contributed by atoms with Crippen LogP contribution in [-0.4, -0.2) is 23.9 Å². The standard InChI is InChI=1S/C17H16ClIN2O2/c1-10-7-8-12(9-14(10)19)16(22)20-21(3)17(23)15-11(2)5-4-6-13(15)18/h4-9H,1-3H3,(H,20,22). The molecule has 4 nitrogen and oxygen atoms in total. The second kappa shape index (κ2) is 7.31. The molecule has 0 unspecified atom stereocenters. The van der Waals surface area contributed by atoms with Crippen molar-refractivity contribution in [3.63, 3.8) is 0 Å². The molecule has 0 heterocycles. The van der Waals surface area contributed by atoms with E-state index >= 15 is 0 Å². The van der Waals surface area contributed by atoms with Crippen LogP contribution in [0.5, 0.6) is 0 Å². The van der Waals surface area contributed by atoms with Crippen LogP contribution >= 0.6 is 34.2 Å². The summed E-state index contributed by atoms with van der Waals surface area (Å²) in [6, 6.07) is 10.6. The summed E-state index contributed by atoms with van der Waals surface area (Å²) in [6.45, 7) is 3.77. The van der Waals surface area contributed by atoms with Gasteiger partial charge in [-0.3, -0.25) is 20.0 Å². The summed E-state index contributed by atoms with van der Waals surface area (Å²) in [5.74, 6) is -0.702. The van der Waals surface area contributed by atoms with Gasteiger partial charge in [-0.25, -0.2) is 0 Å². The van der Waals surface area contributed by atoms with E-state index in [1.807, 2.05) is 13.0 Å². The number of nitrogens with one attached hydrogen (secondary N) is 1. The van der Waals surface area contributed by atoms with Gasteiger partial charge in [0, 0.05) is 16.2 Å². The molecule has 2 aromatic rings. The number of halogens is 2. The van der Waals surface area contributed by atoms with Gasteiger partial charge in [-0.2, -0.15) is 0 Å². The number of hydrogen-bond donors (Lipinski definition) is 1. The largest absolute Gasteiger partial charge is 0.273 e. The van der Waals surface area contributed by atoms with Gasteiger partial charge in [0.05, 0.1) is 10.6 Å². The van der Waals surface area contributed by atoms with Gasteiger partial charge in [-0.1, -0.05) is 29.8 Å². The Kier molecular flexibility index (Phi) is 5.64. The molecule has 23 heavy (non-hydrogen) atoms. The summed E-state index contributed by atoms with van der Waals surface area (Å²) in [4.78, 5) is 24.8. The van der Waals surface area contributed by atoms with Crippen molar-refractivity contribution in [3.05, 3.63) is 67.2 Å². The lowest BCUT2D eigenvalue weighted by Crippen LogP contribution is -2.43. The highest BCUT2D eigenvalue weighted by Crippen LogP contribution is 2.20. The summed E-state index contributed by atoms with van der Waals surface area (Å²) < 4.78 is 0.992. The summed E-state index contributed by atoms with van der Waals surface area (Å²) >= 11 is 8.27. The van der Waals surface area contributed by atoms with Crippen LogP contribution in [0.3, 0.4) is 0 Å². The van der Waals surface area contributed by atoms with Crippen molar-refractivity contribution in [1.82, 2.24) is 10.4 Å². The molecule has 2 amide bonds. The van der Waals surface area contributed by atoms with Gasteiger partial charge in [0.2, 0.25) is 0 Å². The molecule has 1 N–H and O–H groups in total. The maximum Gasteiger partial charge on any atom is 0.273 e. The molecule has 0 aliphatic carbocycles. The van der Waals surface area contributed by atoms with Gasteiger partial charge in [0.25, 0.3) is 11.8 Å². The fourth-order valence-corrected chi connectivity index (χ4v) is 2.89.